The smallest absolute Gasteiger partial charge is 0.262 e. The van der Waals surface area contributed by atoms with Crippen molar-refractivity contribution in [2.24, 2.45) is 5.41 Å². The van der Waals surface area contributed by atoms with Crippen LogP contribution in [0.4, 0.5) is 21.8 Å². The molecule has 7 rings (SSSR count). The second-order valence-corrected chi connectivity index (χ2v) is 21.9. The number of nitrogens with zero attached hydrogens (tertiary/aromatic N) is 8. The molecule has 7 N–H and O–H groups in total. The number of nitrogens with one attached hydrogen (secondary N) is 5. The first-order valence-electron chi connectivity index (χ1n) is 27.4. The first-order valence-corrected chi connectivity index (χ1v) is 27.4. The third-order valence-corrected chi connectivity index (χ3v) is 15.1. The third kappa shape index (κ3) is 14.0. The van der Waals surface area contributed by atoms with Gasteiger partial charge in [0.25, 0.3) is 11.7 Å². The number of likely N-dealkylation sites (N-methyl/N-ethyl adjacent to an activating group) is 1. The molecule has 2 fully saturated rings. The van der Waals surface area contributed by atoms with Gasteiger partial charge in [-0.15, -0.1) is 5.10 Å². The number of rotatable bonds is 21. The van der Waals surface area contributed by atoms with E-state index in [9.17, 15) is 33.2 Å². The van der Waals surface area contributed by atoms with Crippen molar-refractivity contribution < 1.29 is 33.2 Å². The first kappa shape index (κ1) is 58.2. The largest absolute Gasteiger partial charge is 0.381 e. The Morgan fingerprint density at radius 2 is 1.68 bits per heavy atom. The Bertz CT molecular complexity index is 2850. The highest BCUT2D eigenvalue weighted by atomic mass is 19.1. The normalized spacial score (nSPS) is 18.3. The summed E-state index contributed by atoms with van der Waals surface area (Å²) in [5.74, 6) is -1.35. The van der Waals surface area contributed by atoms with Crippen LogP contribution in [0.25, 0.3) is 16.1 Å². The van der Waals surface area contributed by atoms with Crippen molar-refractivity contribution in [3.05, 3.63) is 94.3 Å². The molecule has 6 amide bonds. The molecule has 0 aliphatic carbocycles. The fourth-order valence-corrected chi connectivity index (χ4v) is 10.7. The van der Waals surface area contributed by atoms with Crippen LogP contribution in [0.15, 0.2) is 54.7 Å². The molecular weight excluding hydrogens is 996 g/mol. The van der Waals surface area contributed by atoms with Crippen LogP contribution in [0.5, 0.6) is 0 Å². The van der Waals surface area contributed by atoms with Crippen LogP contribution >= 0.6 is 0 Å². The van der Waals surface area contributed by atoms with E-state index in [4.69, 9.17) is 22.4 Å². The maximum atomic E-state index is 14.7. The summed E-state index contributed by atoms with van der Waals surface area (Å²) >= 11 is 0. The van der Waals surface area contributed by atoms with Crippen LogP contribution in [0, 0.1) is 17.8 Å². The molecule has 78 heavy (non-hydrogen) atoms. The Morgan fingerprint density at radius 1 is 0.974 bits per heavy atom. The van der Waals surface area contributed by atoms with Crippen LogP contribution in [-0.2, 0) is 37.1 Å². The highest BCUT2D eigenvalue weighted by molar-refractivity contribution is 5.96. The molecule has 20 nitrogen and oxygen atoms in total. The van der Waals surface area contributed by atoms with Gasteiger partial charge in [-0.1, -0.05) is 90.3 Å². The lowest BCUT2D eigenvalue weighted by molar-refractivity contribution is -0.144. The first-order chi connectivity index (χ1) is 37.3. The van der Waals surface area contributed by atoms with Gasteiger partial charge in [-0.05, 0) is 87.2 Å². The second-order valence-electron chi connectivity index (χ2n) is 21.9. The minimum atomic E-state index is -0.921. The Labute approximate surface area is 457 Å². The van der Waals surface area contributed by atoms with E-state index in [0.29, 0.717) is 72.5 Å². The summed E-state index contributed by atoms with van der Waals surface area (Å²) in [5.41, 5.74) is 8.78. The average molecular weight is 1070 g/mol. The number of unbranched alkanes of at least 4 members (excludes halogenated alkanes) is 5. The summed E-state index contributed by atoms with van der Waals surface area (Å²) in [6.07, 6.45) is 9.10. The molecule has 6 atom stereocenters. The van der Waals surface area contributed by atoms with E-state index in [1.54, 1.807) is 21.0 Å². The van der Waals surface area contributed by atoms with Gasteiger partial charge in [-0.3, -0.25) is 28.8 Å². The van der Waals surface area contributed by atoms with Crippen molar-refractivity contribution in [3.63, 3.8) is 0 Å². The average Bonchev–Trinajstić information content (AvgIpc) is 4.19. The van der Waals surface area contributed by atoms with Gasteiger partial charge < -0.3 is 51.9 Å². The molecule has 2 aromatic heterocycles. The zero-order valence-corrected chi connectivity index (χ0v) is 46.2. The number of nitrogens with two attached hydrogens (primary N) is 1. The predicted octanol–water partition coefficient (Wildman–Crippen LogP) is 6.27. The molecule has 0 spiro atoms. The molecule has 0 radical (unpaired) electrons. The number of amides is 6. The molecule has 5 heterocycles. The number of anilines is 2. The molecule has 21 heteroatoms. The number of carbonyl (C=O) groups is 6. The number of halogens is 1. The van der Waals surface area contributed by atoms with E-state index in [0.717, 1.165) is 37.7 Å². The molecule has 0 unspecified atom stereocenters. The number of likely N-dealkylation sites (tertiary alicyclic amines) is 1. The number of nitrogen functional groups attached to an aromatic ring is 1. The molecule has 3 aliphatic rings. The van der Waals surface area contributed by atoms with Crippen molar-refractivity contribution in [2.45, 2.75) is 161 Å². The maximum Gasteiger partial charge on any atom is 0.262 e. The standard InChI is InChI=1S/C57H77FN14O6/c1-9-41(36-20-15-14-16-21-36)66-54(76)45-31-38(33-71(45)56(78)49(57(3,4)5)67-53(75)35(2)60-6)64-47(74)24-18-13-11-10-12-17-23-46(73)62-27-29-72-51(61-7)48-42-32-63-50(59)52(65-42)70-28-19-22-44(70)40-30-37(58)25-26-39(40)55(77)69(8)34-43(48)68-72/h14-16,20-21,25-26,30,32,35,38,41,44-45,49,60H,9-13,17-19,22-24,27-29,31,33-34H2,1-6,8H3,(H2,59,63)(H,62,73)(H,64,74)(H,66,76)(H,67,75)/t35-,38-,41+,44-,45-,49+/m1/s1. The topological polar surface area (TPSA) is 246 Å². The predicted molar refractivity (Wildman–Crippen MR) is 295 cm³/mol. The van der Waals surface area contributed by atoms with Gasteiger partial charge in [0, 0.05) is 44.6 Å². The van der Waals surface area contributed by atoms with E-state index < -0.39 is 35.4 Å². The molecular formula is C57H77FN14O6. The summed E-state index contributed by atoms with van der Waals surface area (Å²) in [6.45, 7) is 18.6. The minimum Gasteiger partial charge on any atom is -0.381 e. The van der Waals surface area contributed by atoms with Crippen LogP contribution in [-0.4, -0.2) is 123 Å². The van der Waals surface area contributed by atoms with Gasteiger partial charge in [0.15, 0.2) is 11.6 Å². The van der Waals surface area contributed by atoms with E-state index in [1.807, 2.05) is 62.9 Å². The molecule has 0 saturated carbocycles. The fraction of sp³-hybridized carbons (Fsp3) is 0.544. The van der Waals surface area contributed by atoms with Gasteiger partial charge in [-0.25, -0.2) is 14.4 Å². The van der Waals surface area contributed by atoms with Crippen molar-refractivity contribution in [1.82, 2.24) is 56.1 Å². The van der Waals surface area contributed by atoms with Crippen LogP contribution in [0.1, 0.15) is 151 Å². The summed E-state index contributed by atoms with van der Waals surface area (Å²) in [4.78, 5) is 100. The number of hydrogen-bond donors (Lipinski definition) is 6. The van der Waals surface area contributed by atoms with Crippen molar-refractivity contribution >= 4 is 52.9 Å². The summed E-state index contributed by atoms with van der Waals surface area (Å²) in [5, 5.41) is 19.8. The summed E-state index contributed by atoms with van der Waals surface area (Å²) in [6, 6.07) is 10.4. The van der Waals surface area contributed by atoms with E-state index >= 15 is 0 Å². The van der Waals surface area contributed by atoms with Gasteiger partial charge in [0.1, 0.15) is 30.1 Å². The molecule has 2 aromatic carbocycles. The summed E-state index contributed by atoms with van der Waals surface area (Å²) in [7, 11) is 3.31. The monoisotopic (exact) mass is 1070 g/mol. The Balaban J connectivity index is 0.876. The minimum absolute atomic E-state index is 0.0232. The number of carbonyl (C=O) groups excluding carboxylic acids is 6. The lowest BCUT2D eigenvalue weighted by Gasteiger charge is -2.36. The van der Waals surface area contributed by atoms with Crippen molar-refractivity contribution in [1.29, 1.82) is 0 Å². The highest BCUT2D eigenvalue weighted by Gasteiger charge is 2.46. The van der Waals surface area contributed by atoms with Gasteiger partial charge in [0.05, 0.1) is 48.7 Å². The Hall–Kier alpha value is -7.47. The highest BCUT2D eigenvalue weighted by Crippen LogP contribution is 2.42. The van der Waals surface area contributed by atoms with Gasteiger partial charge in [0.2, 0.25) is 29.5 Å². The van der Waals surface area contributed by atoms with Crippen molar-refractivity contribution in [3.8, 4) is 11.3 Å². The van der Waals surface area contributed by atoms with E-state index in [1.165, 1.54) is 38.9 Å². The lowest BCUT2D eigenvalue weighted by Crippen LogP contribution is -2.59. The van der Waals surface area contributed by atoms with Crippen LogP contribution in [0.2, 0.25) is 0 Å². The number of hydrogen-bond acceptors (Lipinski definition) is 12. The van der Waals surface area contributed by atoms with E-state index in [2.05, 4.69) is 36.4 Å². The van der Waals surface area contributed by atoms with Crippen molar-refractivity contribution in [2.75, 3.05) is 44.4 Å². The molecule has 4 aromatic rings. The fourth-order valence-electron chi connectivity index (χ4n) is 10.7. The number of aromatic nitrogens is 4. The Kier molecular flexibility index (Phi) is 19.6. The lowest BCUT2D eigenvalue weighted by atomic mass is 9.85. The molecule has 3 aliphatic heterocycles. The van der Waals surface area contributed by atoms with Gasteiger partial charge in [-0.2, -0.15) is 4.68 Å². The zero-order valence-electron chi connectivity index (χ0n) is 46.2. The zero-order chi connectivity index (χ0) is 56.3. The third-order valence-electron chi connectivity index (χ3n) is 15.1. The quantitative estimate of drug-likeness (QED) is 0.0400. The van der Waals surface area contributed by atoms with Crippen LogP contribution in [0.3, 0.4) is 0 Å². The molecule has 2 saturated heterocycles. The van der Waals surface area contributed by atoms with Crippen LogP contribution < -0.4 is 37.2 Å². The van der Waals surface area contributed by atoms with E-state index in [-0.39, 0.29) is 98.2 Å². The Morgan fingerprint density at radius 3 is 2.36 bits per heavy atom. The second kappa shape index (κ2) is 26.3. The SMILES string of the molecule is [C-]#[N+]c1c2c(nn1CCNC(=O)CCCCCCCCC(=O)N[C@@H]1C[C@H](C(=O)N[C@@H](CC)c3ccccc3)N(C(=O)[C@H](NC(=O)[C@@H](C)NC)C(C)(C)C)C1)CN(C)C(=O)c1ccc(F)cc1[C@H]1CCCN1c1nc-2cnc1N. The maximum absolute atomic E-state index is 14.7. The number of benzene rings is 2. The van der Waals surface area contributed by atoms with Gasteiger partial charge >= 0.3 is 0 Å². The number of fused-ring (bicyclic) bond motifs is 8. The molecule has 2 bridgehead atoms. The summed E-state index contributed by atoms with van der Waals surface area (Å²) < 4.78 is 16.2. The molecule has 418 valence electrons.